The second kappa shape index (κ2) is 7.96. The van der Waals surface area contributed by atoms with Crippen LogP contribution < -0.4 is 4.74 Å². The van der Waals surface area contributed by atoms with Crippen molar-refractivity contribution >= 4 is 23.8 Å². The van der Waals surface area contributed by atoms with Crippen molar-refractivity contribution in [3.05, 3.63) is 70.4 Å². The average Bonchev–Trinajstić information content (AvgIpc) is 2.89. The fraction of sp³-hybridized carbons (Fsp3) is 0.111. The van der Waals surface area contributed by atoms with Crippen LogP contribution in [0.2, 0.25) is 5.15 Å². The second-order valence-corrected chi connectivity index (χ2v) is 5.80. The largest absolute Gasteiger partial charge is 0.438 e. The van der Waals surface area contributed by atoms with Crippen molar-refractivity contribution in [2.45, 2.75) is 6.92 Å². The minimum Gasteiger partial charge on any atom is -0.438 e. The van der Waals surface area contributed by atoms with E-state index in [0.29, 0.717) is 22.9 Å². The van der Waals surface area contributed by atoms with E-state index in [1.54, 1.807) is 26.1 Å². The summed E-state index contributed by atoms with van der Waals surface area (Å²) >= 11 is 5.84. The van der Waals surface area contributed by atoms with Crippen LogP contribution in [0.5, 0.6) is 11.6 Å². The Balaban J connectivity index is 1.79. The zero-order valence-electron chi connectivity index (χ0n) is 14.4. The lowest BCUT2D eigenvalue weighted by atomic mass is 10.3. The third-order valence-electron chi connectivity index (χ3n) is 3.52. The number of carbonyl (C=O) groups is 1. The third kappa shape index (κ3) is 4.29. The Morgan fingerprint density at radius 2 is 2.15 bits per heavy atom. The zero-order chi connectivity index (χ0) is 19.4. The van der Waals surface area contributed by atoms with E-state index in [1.807, 2.05) is 0 Å². The molecular weight excluding hydrogens is 375 g/mol. The van der Waals surface area contributed by atoms with E-state index in [2.05, 4.69) is 15.2 Å². The molecule has 0 spiro atoms. The number of halogens is 2. The van der Waals surface area contributed by atoms with Gasteiger partial charge in [-0.05, 0) is 31.2 Å². The normalized spacial score (nSPS) is 11.0. The van der Waals surface area contributed by atoms with E-state index < -0.39 is 11.8 Å². The topological polar surface area (TPSA) is 78.6 Å². The molecule has 0 unspecified atom stereocenters. The average molecular weight is 389 g/mol. The van der Waals surface area contributed by atoms with Crippen LogP contribution in [0.15, 0.2) is 47.8 Å². The molecule has 0 N–H and O–H groups in total. The van der Waals surface area contributed by atoms with Crippen LogP contribution >= 0.6 is 11.6 Å². The van der Waals surface area contributed by atoms with E-state index in [0.717, 1.165) is 0 Å². The molecule has 0 bridgehead atoms. The molecule has 9 heteroatoms. The maximum Gasteiger partial charge on any atom is 0.368 e. The number of aromatic nitrogens is 3. The van der Waals surface area contributed by atoms with E-state index in [1.165, 1.54) is 41.4 Å². The van der Waals surface area contributed by atoms with Crippen molar-refractivity contribution in [1.82, 2.24) is 14.8 Å². The van der Waals surface area contributed by atoms with Crippen LogP contribution in [-0.2, 0) is 11.9 Å². The summed E-state index contributed by atoms with van der Waals surface area (Å²) in [5, 5.41) is 7.94. The van der Waals surface area contributed by atoms with E-state index in [-0.39, 0.29) is 10.7 Å². The highest BCUT2D eigenvalue weighted by molar-refractivity contribution is 6.32. The number of benzene rings is 1. The molecule has 1 aromatic carbocycles. The Kier molecular flexibility index (Phi) is 5.46. The number of oxime groups is 1. The monoisotopic (exact) mass is 388 g/mol. The number of aryl methyl sites for hydroxylation is 2. The molecule has 0 atom stereocenters. The number of hydrogen-bond donors (Lipinski definition) is 0. The first-order valence-electron chi connectivity index (χ1n) is 7.78. The SMILES string of the molecule is Cc1nn(C)c(Oc2cccc(F)c2)c1/C=N/OC(=O)c1cccnc1Cl. The molecule has 0 saturated carbocycles. The first-order valence-corrected chi connectivity index (χ1v) is 8.15. The van der Waals surface area contributed by atoms with Gasteiger partial charge in [0.05, 0.1) is 23.0 Å². The number of hydrogen-bond acceptors (Lipinski definition) is 6. The Labute approximate surface area is 159 Å². The quantitative estimate of drug-likeness (QED) is 0.286. The Bertz CT molecular complexity index is 1020. The van der Waals surface area contributed by atoms with Crippen molar-refractivity contribution in [1.29, 1.82) is 0 Å². The minimum absolute atomic E-state index is 0.0189. The van der Waals surface area contributed by atoms with Crippen LogP contribution in [0.3, 0.4) is 0 Å². The number of rotatable bonds is 5. The van der Waals surface area contributed by atoms with Gasteiger partial charge >= 0.3 is 5.97 Å². The summed E-state index contributed by atoms with van der Waals surface area (Å²) in [5.41, 5.74) is 1.16. The van der Waals surface area contributed by atoms with Gasteiger partial charge in [0.1, 0.15) is 16.7 Å². The van der Waals surface area contributed by atoms with Gasteiger partial charge in [0.25, 0.3) is 0 Å². The predicted molar refractivity (Wildman–Crippen MR) is 96.7 cm³/mol. The maximum atomic E-state index is 13.4. The highest BCUT2D eigenvalue weighted by atomic mass is 35.5. The second-order valence-electron chi connectivity index (χ2n) is 5.44. The van der Waals surface area contributed by atoms with Gasteiger partial charge in [-0.25, -0.2) is 18.9 Å². The molecule has 3 rings (SSSR count). The lowest BCUT2D eigenvalue weighted by molar-refractivity contribution is 0.0519. The van der Waals surface area contributed by atoms with Gasteiger partial charge in [0.2, 0.25) is 5.88 Å². The van der Waals surface area contributed by atoms with Crippen molar-refractivity contribution < 1.29 is 18.8 Å². The van der Waals surface area contributed by atoms with E-state index in [9.17, 15) is 9.18 Å². The predicted octanol–water partition coefficient (Wildman–Crippen LogP) is 3.90. The van der Waals surface area contributed by atoms with Gasteiger partial charge in [-0.15, -0.1) is 0 Å². The first kappa shape index (κ1) is 18.5. The summed E-state index contributed by atoms with van der Waals surface area (Å²) < 4.78 is 20.5. The summed E-state index contributed by atoms with van der Waals surface area (Å²) in [4.78, 5) is 20.7. The third-order valence-corrected chi connectivity index (χ3v) is 3.82. The van der Waals surface area contributed by atoms with Crippen LogP contribution in [0.1, 0.15) is 21.6 Å². The standard InChI is InChI=1S/C18H14ClFN4O3/c1-11-15(10-22-27-18(25)14-7-4-8-21-16(14)19)17(24(2)23-11)26-13-6-3-5-12(20)9-13/h3-10H,1-2H3/b22-10+. The molecule has 0 amide bonds. The summed E-state index contributed by atoms with van der Waals surface area (Å²) in [6.07, 6.45) is 2.75. The fourth-order valence-corrected chi connectivity index (χ4v) is 2.48. The van der Waals surface area contributed by atoms with Gasteiger partial charge in [0.15, 0.2) is 0 Å². The van der Waals surface area contributed by atoms with Gasteiger partial charge in [-0.2, -0.15) is 5.10 Å². The molecular formula is C18H14ClFN4O3. The molecule has 27 heavy (non-hydrogen) atoms. The van der Waals surface area contributed by atoms with E-state index >= 15 is 0 Å². The Morgan fingerprint density at radius 1 is 1.33 bits per heavy atom. The van der Waals surface area contributed by atoms with Gasteiger partial charge < -0.3 is 9.57 Å². The number of pyridine rings is 1. The molecule has 138 valence electrons. The van der Waals surface area contributed by atoms with E-state index in [4.69, 9.17) is 21.2 Å². The first-order chi connectivity index (χ1) is 13.0. The molecule has 0 saturated heterocycles. The van der Waals surface area contributed by atoms with Crippen molar-refractivity contribution in [3.63, 3.8) is 0 Å². The summed E-state index contributed by atoms with van der Waals surface area (Å²) in [5.74, 6) is -0.563. The number of carbonyl (C=O) groups excluding carboxylic acids is 1. The molecule has 3 aromatic rings. The zero-order valence-corrected chi connectivity index (χ0v) is 15.1. The highest BCUT2D eigenvalue weighted by Gasteiger charge is 2.16. The van der Waals surface area contributed by atoms with Crippen LogP contribution in [0.25, 0.3) is 0 Å². The molecule has 0 aliphatic heterocycles. The summed E-state index contributed by atoms with van der Waals surface area (Å²) in [6, 6.07) is 8.72. The van der Waals surface area contributed by atoms with Crippen molar-refractivity contribution in [2.24, 2.45) is 12.2 Å². The van der Waals surface area contributed by atoms with Crippen LogP contribution in [-0.4, -0.2) is 26.9 Å². The molecule has 0 aliphatic carbocycles. The molecule has 0 fully saturated rings. The molecule has 2 heterocycles. The molecule has 7 nitrogen and oxygen atoms in total. The van der Waals surface area contributed by atoms with Crippen molar-refractivity contribution in [2.75, 3.05) is 0 Å². The van der Waals surface area contributed by atoms with Crippen molar-refractivity contribution in [3.8, 4) is 11.6 Å². The Hall–Kier alpha value is -3.26. The summed E-state index contributed by atoms with van der Waals surface area (Å²) in [7, 11) is 1.67. The Morgan fingerprint density at radius 3 is 2.89 bits per heavy atom. The molecule has 0 radical (unpaired) electrons. The maximum absolute atomic E-state index is 13.4. The number of ether oxygens (including phenoxy) is 1. The minimum atomic E-state index is -0.751. The fourth-order valence-electron chi connectivity index (χ4n) is 2.28. The number of nitrogens with zero attached hydrogens (tertiary/aromatic N) is 4. The molecule has 0 aliphatic rings. The lowest BCUT2D eigenvalue weighted by Crippen LogP contribution is -2.03. The highest BCUT2D eigenvalue weighted by Crippen LogP contribution is 2.26. The smallest absolute Gasteiger partial charge is 0.368 e. The van der Waals surface area contributed by atoms with Gasteiger partial charge in [-0.1, -0.05) is 22.8 Å². The van der Waals surface area contributed by atoms with Crippen LogP contribution in [0.4, 0.5) is 4.39 Å². The van der Waals surface area contributed by atoms with Crippen LogP contribution in [0, 0.1) is 12.7 Å². The molecule has 2 aromatic heterocycles. The lowest BCUT2D eigenvalue weighted by Gasteiger charge is -2.06. The summed E-state index contributed by atoms with van der Waals surface area (Å²) in [6.45, 7) is 1.74. The van der Waals surface area contributed by atoms with Gasteiger partial charge in [-0.3, -0.25) is 0 Å². The van der Waals surface area contributed by atoms with Gasteiger partial charge in [0, 0.05) is 19.3 Å².